The molecule has 1 N–H and O–H groups in total. The van der Waals surface area contributed by atoms with E-state index in [2.05, 4.69) is 10.3 Å². The third-order valence-electron chi connectivity index (χ3n) is 4.65. The Morgan fingerprint density at radius 2 is 1.80 bits per heavy atom. The first-order valence-corrected chi connectivity index (χ1v) is 10.5. The number of hydrogen-bond acceptors (Lipinski definition) is 5. The number of thiazole rings is 1. The van der Waals surface area contributed by atoms with E-state index in [-0.39, 0.29) is 30.5 Å². The predicted octanol–water partition coefficient (Wildman–Crippen LogP) is 4.29. The van der Waals surface area contributed by atoms with Gasteiger partial charge in [0, 0.05) is 19.5 Å². The van der Waals surface area contributed by atoms with Crippen molar-refractivity contribution in [3.8, 4) is 0 Å². The van der Waals surface area contributed by atoms with E-state index in [1.165, 1.54) is 17.6 Å². The Labute approximate surface area is 178 Å². The van der Waals surface area contributed by atoms with E-state index >= 15 is 0 Å². The average molecular weight is 420 g/mol. The summed E-state index contributed by atoms with van der Waals surface area (Å²) in [6.07, 6.45) is 2.34. The summed E-state index contributed by atoms with van der Waals surface area (Å²) in [6, 6.07) is 21.1. The Bertz CT molecular complexity index is 1090. The fraction of sp³-hybridized carbons (Fsp3) is 0.174. The Balaban J connectivity index is 1.45. The quantitative estimate of drug-likeness (QED) is 0.462. The van der Waals surface area contributed by atoms with Crippen LogP contribution in [0.25, 0.3) is 10.2 Å². The Morgan fingerprint density at radius 3 is 2.57 bits per heavy atom. The average Bonchev–Trinajstić information content (AvgIpc) is 3.44. The molecule has 4 aromatic rings. The van der Waals surface area contributed by atoms with Crippen LogP contribution in [0.15, 0.2) is 77.4 Å². The van der Waals surface area contributed by atoms with Crippen LogP contribution in [-0.4, -0.2) is 29.9 Å². The molecule has 30 heavy (non-hydrogen) atoms. The third-order valence-corrected chi connectivity index (χ3v) is 5.71. The van der Waals surface area contributed by atoms with Crippen LogP contribution in [0.5, 0.6) is 0 Å². The molecule has 2 aromatic carbocycles. The fourth-order valence-electron chi connectivity index (χ4n) is 3.10. The van der Waals surface area contributed by atoms with Gasteiger partial charge in [-0.1, -0.05) is 53.8 Å². The SMILES string of the molecule is O=C(NCCC(=O)N(CCc1ccccc1)c1nc2ccccc2s1)c1ccco1. The molecule has 4 rings (SSSR count). The highest BCUT2D eigenvalue weighted by atomic mass is 32.1. The van der Waals surface area contributed by atoms with Crippen molar-refractivity contribution in [3.63, 3.8) is 0 Å². The summed E-state index contributed by atoms with van der Waals surface area (Å²) in [5.74, 6) is -0.178. The number of amides is 2. The molecule has 0 saturated carbocycles. The highest BCUT2D eigenvalue weighted by Gasteiger charge is 2.20. The van der Waals surface area contributed by atoms with Gasteiger partial charge in [0.05, 0.1) is 16.5 Å². The monoisotopic (exact) mass is 419 g/mol. The van der Waals surface area contributed by atoms with Gasteiger partial charge in [-0.05, 0) is 36.2 Å². The number of nitrogens with zero attached hydrogens (tertiary/aromatic N) is 2. The molecule has 152 valence electrons. The van der Waals surface area contributed by atoms with Gasteiger partial charge in [-0.25, -0.2) is 4.98 Å². The summed E-state index contributed by atoms with van der Waals surface area (Å²) < 4.78 is 6.11. The lowest BCUT2D eigenvalue weighted by molar-refractivity contribution is -0.118. The maximum Gasteiger partial charge on any atom is 0.286 e. The number of carbonyl (C=O) groups excluding carboxylic acids is 2. The van der Waals surface area contributed by atoms with Crippen LogP contribution in [0.1, 0.15) is 22.5 Å². The fourth-order valence-corrected chi connectivity index (χ4v) is 4.11. The van der Waals surface area contributed by atoms with Crippen LogP contribution in [0.3, 0.4) is 0 Å². The summed E-state index contributed by atoms with van der Waals surface area (Å²) in [7, 11) is 0. The topological polar surface area (TPSA) is 75.4 Å². The third kappa shape index (κ3) is 4.75. The molecule has 0 aliphatic carbocycles. The summed E-state index contributed by atoms with van der Waals surface area (Å²) >= 11 is 1.50. The minimum Gasteiger partial charge on any atom is -0.459 e. The minimum atomic E-state index is -0.330. The molecule has 0 spiro atoms. The molecule has 0 bridgehead atoms. The largest absolute Gasteiger partial charge is 0.459 e. The molecule has 0 atom stereocenters. The Hall–Kier alpha value is -3.45. The second kappa shape index (κ2) is 9.37. The Kier molecular flexibility index (Phi) is 6.20. The minimum absolute atomic E-state index is 0.0790. The van der Waals surface area contributed by atoms with Gasteiger partial charge in [-0.15, -0.1) is 0 Å². The molecular weight excluding hydrogens is 398 g/mol. The number of furan rings is 1. The summed E-state index contributed by atoms with van der Waals surface area (Å²) in [5.41, 5.74) is 2.03. The molecule has 0 unspecified atom stereocenters. The van der Waals surface area contributed by atoms with E-state index in [9.17, 15) is 9.59 Å². The number of rotatable bonds is 8. The standard InChI is InChI=1S/C23H21N3O3S/c27-21(12-14-24-22(28)19-10-6-16-29-19)26(15-13-17-7-2-1-3-8-17)23-25-18-9-4-5-11-20(18)30-23/h1-11,16H,12-15H2,(H,24,28). The lowest BCUT2D eigenvalue weighted by atomic mass is 10.1. The molecule has 0 saturated heterocycles. The van der Waals surface area contributed by atoms with Crippen molar-refractivity contribution in [2.45, 2.75) is 12.8 Å². The van der Waals surface area contributed by atoms with Crippen molar-refractivity contribution in [1.82, 2.24) is 10.3 Å². The summed E-state index contributed by atoms with van der Waals surface area (Å²) in [5, 5.41) is 3.40. The first kappa shape index (κ1) is 19.8. The molecule has 6 nitrogen and oxygen atoms in total. The Morgan fingerprint density at radius 1 is 1.00 bits per heavy atom. The van der Waals surface area contributed by atoms with Gasteiger partial charge in [0.2, 0.25) is 5.91 Å². The van der Waals surface area contributed by atoms with Gasteiger partial charge >= 0.3 is 0 Å². The number of carbonyl (C=O) groups is 2. The van der Waals surface area contributed by atoms with Crippen molar-refractivity contribution in [3.05, 3.63) is 84.3 Å². The maximum atomic E-state index is 13.0. The zero-order valence-corrected chi connectivity index (χ0v) is 17.1. The molecular formula is C23H21N3O3S. The lowest BCUT2D eigenvalue weighted by Gasteiger charge is -2.20. The molecule has 0 fully saturated rings. The van der Waals surface area contributed by atoms with Crippen molar-refractivity contribution >= 4 is 38.5 Å². The summed E-state index contributed by atoms with van der Waals surface area (Å²) in [6.45, 7) is 0.750. The van der Waals surface area contributed by atoms with E-state index in [1.807, 2.05) is 54.6 Å². The number of anilines is 1. The van der Waals surface area contributed by atoms with Crippen LogP contribution in [0.2, 0.25) is 0 Å². The molecule has 0 aliphatic rings. The van der Waals surface area contributed by atoms with Crippen molar-refractivity contribution < 1.29 is 14.0 Å². The van der Waals surface area contributed by atoms with Crippen molar-refractivity contribution in [1.29, 1.82) is 0 Å². The lowest BCUT2D eigenvalue weighted by Crippen LogP contribution is -2.36. The maximum absolute atomic E-state index is 13.0. The van der Waals surface area contributed by atoms with Crippen LogP contribution in [-0.2, 0) is 11.2 Å². The van der Waals surface area contributed by atoms with Crippen LogP contribution >= 0.6 is 11.3 Å². The van der Waals surface area contributed by atoms with Gasteiger partial charge < -0.3 is 9.73 Å². The highest BCUT2D eigenvalue weighted by Crippen LogP contribution is 2.29. The molecule has 0 radical (unpaired) electrons. The van der Waals surface area contributed by atoms with E-state index in [4.69, 9.17) is 4.42 Å². The molecule has 7 heteroatoms. The van der Waals surface area contributed by atoms with E-state index in [0.29, 0.717) is 11.7 Å². The van der Waals surface area contributed by atoms with Gasteiger partial charge in [0.1, 0.15) is 0 Å². The number of fused-ring (bicyclic) bond motifs is 1. The van der Waals surface area contributed by atoms with Gasteiger partial charge in [0.25, 0.3) is 5.91 Å². The molecule has 2 aromatic heterocycles. The van der Waals surface area contributed by atoms with Crippen LogP contribution < -0.4 is 10.2 Å². The van der Waals surface area contributed by atoms with Gasteiger partial charge in [0.15, 0.2) is 10.9 Å². The van der Waals surface area contributed by atoms with Crippen molar-refractivity contribution in [2.75, 3.05) is 18.0 Å². The molecule has 2 heterocycles. The van der Waals surface area contributed by atoms with Crippen LogP contribution in [0, 0.1) is 0 Å². The smallest absolute Gasteiger partial charge is 0.286 e. The number of nitrogens with one attached hydrogen (secondary N) is 1. The van der Waals surface area contributed by atoms with Crippen molar-refractivity contribution in [2.24, 2.45) is 0 Å². The van der Waals surface area contributed by atoms with Gasteiger partial charge in [-0.2, -0.15) is 0 Å². The predicted molar refractivity (Wildman–Crippen MR) is 118 cm³/mol. The number of para-hydroxylation sites is 1. The van der Waals surface area contributed by atoms with E-state index in [1.54, 1.807) is 17.0 Å². The van der Waals surface area contributed by atoms with E-state index < -0.39 is 0 Å². The highest BCUT2D eigenvalue weighted by molar-refractivity contribution is 7.22. The number of aromatic nitrogens is 1. The van der Waals surface area contributed by atoms with Crippen LogP contribution in [0.4, 0.5) is 5.13 Å². The van der Waals surface area contributed by atoms with Gasteiger partial charge in [-0.3, -0.25) is 14.5 Å². The zero-order chi connectivity index (χ0) is 20.8. The number of benzene rings is 2. The second-order valence-corrected chi connectivity index (χ2v) is 7.74. The molecule has 2 amide bonds. The zero-order valence-electron chi connectivity index (χ0n) is 16.3. The molecule has 0 aliphatic heterocycles. The van der Waals surface area contributed by atoms with E-state index in [0.717, 1.165) is 22.2 Å². The number of hydrogen-bond donors (Lipinski definition) is 1. The normalized spacial score (nSPS) is 10.8. The summed E-state index contributed by atoms with van der Waals surface area (Å²) in [4.78, 5) is 31.4. The first-order chi connectivity index (χ1) is 14.7. The second-order valence-electron chi connectivity index (χ2n) is 6.73. The first-order valence-electron chi connectivity index (χ1n) is 9.72.